The molecule has 0 unspecified atom stereocenters. The maximum atomic E-state index is 6.14. The van der Waals surface area contributed by atoms with Crippen LogP contribution in [0.4, 0.5) is 17.6 Å². The zero-order valence-electron chi connectivity index (χ0n) is 13.8. The Labute approximate surface area is 147 Å². The number of hydrogen-bond acceptors (Lipinski definition) is 6. The van der Waals surface area contributed by atoms with Gasteiger partial charge in [-0.15, -0.1) is 0 Å². The van der Waals surface area contributed by atoms with Crippen molar-refractivity contribution < 1.29 is 4.74 Å². The number of anilines is 3. The standard InChI is InChI=1S/C17H22ClN5O/c1-24-15-9-8-13(10-14(15)18)22-17-20-11-19-16(23-17)21-12-6-4-2-3-5-7-12/h8-12H,2-7H2,1H3,(H2,19,20,21,22,23). The fourth-order valence-corrected chi connectivity index (χ4v) is 3.16. The lowest BCUT2D eigenvalue weighted by Gasteiger charge is -2.16. The summed E-state index contributed by atoms with van der Waals surface area (Å²) < 4.78 is 5.15. The maximum absolute atomic E-state index is 6.14. The number of hydrogen-bond donors (Lipinski definition) is 2. The molecule has 0 atom stereocenters. The first kappa shape index (κ1) is 16.8. The third kappa shape index (κ3) is 4.47. The van der Waals surface area contributed by atoms with Crippen LogP contribution < -0.4 is 15.4 Å². The predicted molar refractivity (Wildman–Crippen MR) is 96.2 cm³/mol. The molecule has 1 fully saturated rings. The molecular weight excluding hydrogens is 326 g/mol. The van der Waals surface area contributed by atoms with Crippen molar-refractivity contribution in [2.24, 2.45) is 0 Å². The van der Waals surface area contributed by atoms with Crippen molar-refractivity contribution in [2.75, 3.05) is 17.7 Å². The normalized spacial score (nSPS) is 15.6. The number of nitrogens with zero attached hydrogens (tertiary/aromatic N) is 3. The van der Waals surface area contributed by atoms with E-state index in [0.717, 1.165) is 5.69 Å². The molecule has 128 valence electrons. The number of halogens is 1. The Morgan fingerprint density at radius 3 is 2.54 bits per heavy atom. The molecule has 1 aliphatic carbocycles. The van der Waals surface area contributed by atoms with E-state index in [-0.39, 0.29) is 0 Å². The molecule has 1 saturated carbocycles. The summed E-state index contributed by atoms with van der Waals surface area (Å²) in [5.41, 5.74) is 0.799. The summed E-state index contributed by atoms with van der Waals surface area (Å²) in [7, 11) is 1.59. The molecule has 2 N–H and O–H groups in total. The number of aromatic nitrogens is 3. The summed E-state index contributed by atoms with van der Waals surface area (Å²) >= 11 is 6.14. The zero-order valence-corrected chi connectivity index (χ0v) is 14.5. The third-order valence-corrected chi connectivity index (χ3v) is 4.46. The second-order valence-corrected chi connectivity index (χ2v) is 6.35. The SMILES string of the molecule is COc1ccc(Nc2ncnc(NC3CCCCCC3)n2)cc1Cl. The minimum absolute atomic E-state index is 0.443. The van der Waals surface area contributed by atoms with Gasteiger partial charge < -0.3 is 15.4 Å². The van der Waals surface area contributed by atoms with Gasteiger partial charge in [-0.1, -0.05) is 37.3 Å². The molecule has 0 aliphatic heterocycles. The topological polar surface area (TPSA) is 72.0 Å². The van der Waals surface area contributed by atoms with E-state index < -0.39 is 0 Å². The average Bonchev–Trinajstić information content (AvgIpc) is 2.84. The monoisotopic (exact) mass is 347 g/mol. The lowest BCUT2D eigenvalue weighted by Crippen LogP contribution is -2.20. The average molecular weight is 348 g/mol. The molecule has 24 heavy (non-hydrogen) atoms. The second-order valence-electron chi connectivity index (χ2n) is 5.94. The van der Waals surface area contributed by atoms with E-state index in [1.165, 1.54) is 44.9 Å². The lowest BCUT2D eigenvalue weighted by atomic mass is 10.1. The smallest absolute Gasteiger partial charge is 0.231 e. The molecule has 0 amide bonds. The predicted octanol–water partition coefficient (Wildman–Crippen LogP) is 4.41. The van der Waals surface area contributed by atoms with Gasteiger partial charge in [-0.25, -0.2) is 9.97 Å². The van der Waals surface area contributed by atoms with E-state index in [9.17, 15) is 0 Å². The van der Waals surface area contributed by atoms with Crippen LogP contribution in [0.2, 0.25) is 5.02 Å². The van der Waals surface area contributed by atoms with Gasteiger partial charge in [0.2, 0.25) is 11.9 Å². The van der Waals surface area contributed by atoms with Gasteiger partial charge in [0.25, 0.3) is 0 Å². The van der Waals surface area contributed by atoms with Crippen molar-refractivity contribution in [3.8, 4) is 5.75 Å². The third-order valence-electron chi connectivity index (χ3n) is 4.17. The van der Waals surface area contributed by atoms with E-state index in [4.69, 9.17) is 16.3 Å². The fourth-order valence-electron chi connectivity index (χ4n) is 2.91. The number of ether oxygens (including phenoxy) is 1. The van der Waals surface area contributed by atoms with E-state index >= 15 is 0 Å². The molecule has 1 aromatic carbocycles. The van der Waals surface area contributed by atoms with E-state index in [1.807, 2.05) is 6.07 Å². The highest BCUT2D eigenvalue weighted by Gasteiger charge is 2.13. The van der Waals surface area contributed by atoms with E-state index in [0.29, 0.717) is 28.7 Å². The van der Waals surface area contributed by atoms with Gasteiger partial charge in [0.05, 0.1) is 12.1 Å². The van der Waals surface area contributed by atoms with Gasteiger partial charge in [0, 0.05) is 11.7 Å². The maximum Gasteiger partial charge on any atom is 0.231 e. The van der Waals surface area contributed by atoms with Crippen molar-refractivity contribution in [2.45, 2.75) is 44.6 Å². The summed E-state index contributed by atoms with van der Waals surface area (Å²) in [6, 6.07) is 5.89. The Balaban J connectivity index is 1.67. The highest BCUT2D eigenvalue weighted by atomic mass is 35.5. The summed E-state index contributed by atoms with van der Waals surface area (Å²) in [6.45, 7) is 0. The molecule has 0 radical (unpaired) electrons. The molecule has 3 rings (SSSR count). The van der Waals surface area contributed by atoms with Crippen LogP contribution in [-0.2, 0) is 0 Å². The summed E-state index contributed by atoms with van der Waals surface area (Å²) in [5.74, 6) is 1.73. The molecular formula is C17H22ClN5O. The quantitative estimate of drug-likeness (QED) is 0.780. The molecule has 6 nitrogen and oxygen atoms in total. The van der Waals surface area contributed by atoms with Crippen molar-refractivity contribution in [3.05, 3.63) is 29.5 Å². The molecule has 7 heteroatoms. The van der Waals surface area contributed by atoms with Gasteiger partial charge in [0.15, 0.2) is 0 Å². The molecule has 0 bridgehead atoms. The van der Waals surface area contributed by atoms with Crippen molar-refractivity contribution in [3.63, 3.8) is 0 Å². The molecule has 1 aromatic heterocycles. The van der Waals surface area contributed by atoms with Crippen LogP contribution in [0.15, 0.2) is 24.5 Å². The second kappa shape index (κ2) is 8.15. The highest BCUT2D eigenvalue weighted by Crippen LogP contribution is 2.28. The lowest BCUT2D eigenvalue weighted by molar-refractivity contribution is 0.415. The number of benzene rings is 1. The molecule has 2 aromatic rings. The van der Waals surface area contributed by atoms with E-state index in [2.05, 4.69) is 25.6 Å². The highest BCUT2D eigenvalue weighted by molar-refractivity contribution is 6.32. The molecule has 0 saturated heterocycles. The van der Waals surface area contributed by atoms with Crippen molar-refractivity contribution in [1.82, 2.24) is 15.0 Å². The van der Waals surface area contributed by atoms with Gasteiger partial charge in [-0.05, 0) is 31.0 Å². The molecule has 1 aliphatic rings. The van der Waals surface area contributed by atoms with Gasteiger partial charge in [-0.2, -0.15) is 4.98 Å². The largest absolute Gasteiger partial charge is 0.495 e. The number of rotatable bonds is 5. The van der Waals surface area contributed by atoms with E-state index in [1.54, 1.807) is 19.2 Å². The van der Waals surface area contributed by atoms with Gasteiger partial charge in [0.1, 0.15) is 12.1 Å². The Bertz CT molecular complexity index is 674. The Morgan fingerprint density at radius 2 is 1.83 bits per heavy atom. The van der Waals surface area contributed by atoms with Crippen LogP contribution in [0.5, 0.6) is 5.75 Å². The van der Waals surface area contributed by atoms with Crippen molar-refractivity contribution >= 4 is 29.2 Å². The minimum atomic E-state index is 0.443. The fraction of sp³-hybridized carbons (Fsp3) is 0.471. The van der Waals surface area contributed by atoms with Crippen LogP contribution in [-0.4, -0.2) is 28.1 Å². The van der Waals surface area contributed by atoms with Crippen molar-refractivity contribution in [1.29, 1.82) is 0 Å². The van der Waals surface area contributed by atoms with Crippen LogP contribution in [0.25, 0.3) is 0 Å². The first-order valence-electron chi connectivity index (χ1n) is 8.31. The first-order valence-corrected chi connectivity index (χ1v) is 8.68. The van der Waals surface area contributed by atoms with Crippen LogP contribution in [0, 0.1) is 0 Å². The molecule has 1 heterocycles. The Kier molecular flexibility index (Phi) is 5.69. The summed E-state index contributed by atoms with van der Waals surface area (Å²) in [4.78, 5) is 12.8. The number of methoxy groups -OCH3 is 1. The van der Waals surface area contributed by atoms with Gasteiger partial charge in [-0.3, -0.25) is 0 Å². The van der Waals surface area contributed by atoms with Crippen LogP contribution in [0.1, 0.15) is 38.5 Å². The number of nitrogens with one attached hydrogen (secondary N) is 2. The minimum Gasteiger partial charge on any atom is -0.495 e. The van der Waals surface area contributed by atoms with Gasteiger partial charge >= 0.3 is 0 Å². The van der Waals surface area contributed by atoms with Crippen LogP contribution >= 0.6 is 11.6 Å². The van der Waals surface area contributed by atoms with Crippen LogP contribution in [0.3, 0.4) is 0 Å². The zero-order chi connectivity index (χ0) is 16.8. The Hall–Kier alpha value is -2.08. The Morgan fingerprint density at radius 1 is 1.08 bits per heavy atom. The summed E-state index contributed by atoms with van der Waals surface area (Å²) in [6.07, 6.45) is 9.02. The first-order chi connectivity index (χ1) is 11.7. The summed E-state index contributed by atoms with van der Waals surface area (Å²) in [5, 5.41) is 7.11. The molecule has 0 spiro atoms.